The molecule has 0 saturated carbocycles. The van der Waals surface area contributed by atoms with Gasteiger partial charge in [-0.1, -0.05) is 0 Å². The number of hydrogen-bond donors (Lipinski definition) is 2. The number of hydrogen-bond acceptors (Lipinski definition) is 4. The van der Waals surface area contributed by atoms with Crippen molar-refractivity contribution >= 4 is 34.0 Å². The zero-order chi connectivity index (χ0) is 17.3. The SMILES string of the molecule is Cl.NCc1cc(NC(=O)CN2CCCS2(=O)=O)cc(C(F)(F)F)c1. The van der Waals surface area contributed by atoms with E-state index in [4.69, 9.17) is 5.73 Å². The van der Waals surface area contributed by atoms with E-state index in [9.17, 15) is 26.4 Å². The Bertz CT molecular complexity index is 710. The molecular formula is C13H17ClF3N3O3S. The van der Waals surface area contributed by atoms with E-state index in [0.717, 1.165) is 16.4 Å². The average Bonchev–Trinajstić information content (AvgIpc) is 2.76. The Labute approximate surface area is 143 Å². The van der Waals surface area contributed by atoms with E-state index >= 15 is 0 Å². The second-order valence-electron chi connectivity index (χ2n) is 5.17. The molecule has 0 radical (unpaired) electrons. The maximum atomic E-state index is 12.8. The summed E-state index contributed by atoms with van der Waals surface area (Å²) in [5.41, 5.74) is 4.58. The van der Waals surface area contributed by atoms with E-state index in [-0.39, 0.29) is 42.5 Å². The van der Waals surface area contributed by atoms with Crippen LogP contribution in [0.15, 0.2) is 18.2 Å². The summed E-state index contributed by atoms with van der Waals surface area (Å²) in [4.78, 5) is 11.9. The van der Waals surface area contributed by atoms with Crippen LogP contribution in [-0.2, 0) is 27.5 Å². The molecule has 1 amide bonds. The summed E-state index contributed by atoms with van der Waals surface area (Å²) in [6.45, 7) is -0.309. The summed E-state index contributed by atoms with van der Waals surface area (Å²) in [5, 5.41) is 2.29. The number of nitrogens with one attached hydrogen (secondary N) is 1. The lowest BCUT2D eigenvalue weighted by Gasteiger charge is -2.15. The lowest BCUT2D eigenvalue weighted by atomic mass is 10.1. The highest BCUT2D eigenvalue weighted by atomic mass is 35.5. The van der Waals surface area contributed by atoms with E-state index < -0.39 is 34.2 Å². The molecule has 1 aliphatic heterocycles. The van der Waals surface area contributed by atoms with Crippen molar-refractivity contribution in [3.63, 3.8) is 0 Å². The van der Waals surface area contributed by atoms with Crippen LogP contribution in [0.5, 0.6) is 0 Å². The van der Waals surface area contributed by atoms with Gasteiger partial charge in [0.15, 0.2) is 0 Å². The molecule has 1 aromatic carbocycles. The summed E-state index contributed by atoms with van der Waals surface area (Å²) in [6.07, 6.45) is -4.14. The summed E-state index contributed by atoms with van der Waals surface area (Å²) >= 11 is 0. The van der Waals surface area contributed by atoms with Crippen LogP contribution in [0, 0.1) is 0 Å². The quantitative estimate of drug-likeness (QED) is 0.820. The van der Waals surface area contributed by atoms with Crippen LogP contribution in [0.25, 0.3) is 0 Å². The fourth-order valence-corrected chi connectivity index (χ4v) is 3.75. The first-order chi connectivity index (χ1) is 10.6. The molecule has 1 saturated heterocycles. The van der Waals surface area contributed by atoms with Gasteiger partial charge in [0.25, 0.3) is 0 Å². The van der Waals surface area contributed by atoms with Gasteiger partial charge in [0.2, 0.25) is 15.9 Å². The topological polar surface area (TPSA) is 92.5 Å². The minimum absolute atomic E-state index is 0. The predicted octanol–water partition coefficient (Wildman–Crippen LogP) is 1.56. The number of nitrogens with zero attached hydrogens (tertiary/aromatic N) is 1. The fraction of sp³-hybridized carbons (Fsp3) is 0.462. The first-order valence-corrected chi connectivity index (χ1v) is 8.41. The van der Waals surface area contributed by atoms with Crippen LogP contribution in [0.4, 0.5) is 18.9 Å². The second kappa shape index (κ2) is 7.68. The maximum Gasteiger partial charge on any atom is 0.416 e. The Morgan fingerprint density at radius 2 is 1.96 bits per heavy atom. The van der Waals surface area contributed by atoms with Gasteiger partial charge in [0, 0.05) is 18.8 Å². The van der Waals surface area contributed by atoms with Gasteiger partial charge < -0.3 is 11.1 Å². The van der Waals surface area contributed by atoms with Crippen LogP contribution < -0.4 is 11.1 Å². The highest BCUT2D eigenvalue weighted by Crippen LogP contribution is 2.32. The first kappa shape index (κ1) is 20.7. The summed E-state index contributed by atoms with van der Waals surface area (Å²) in [5.74, 6) is -0.723. The van der Waals surface area contributed by atoms with Crippen molar-refractivity contribution < 1.29 is 26.4 Å². The van der Waals surface area contributed by atoms with Gasteiger partial charge in [0.1, 0.15) is 0 Å². The maximum absolute atomic E-state index is 12.8. The largest absolute Gasteiger partial charge is 0.416 e. The molecule has 1 aromatic rings. The van der Waals surface area contributed by atoms with Gasteiger partial charge in [-0.2, -0.15) is 17.5 Å². The molecule has 24 heavy (non-hydrogen) atoms. The van der Waals surface area contributed by atoms with Crippen molar-refractivity contribution in [1.82, 2.24) is 4.31 Å². The number of alkyl halides is 3. The number of amides is 1. The number of benzene rings is 1. The van der Waals surface area contributed by atoms with Crippen LogP contribution in [0.3, 0.4) is 0 Å². The molecule has 2 rings (SSSR count). The van der Waals surface area contributed by atoms with E-state index in [1.165, 1.54) is 6.07 Å². The first-order valence-electron chi connectivity index (χ1n) is 6.81. The Hall–Kier alpha value is -1.36. The lowest BCUT2D eigenvalue weighted by Crippen LogP contribution is -2.34. The number of carbonyl (C=O) groups is 1. The number of carbonyl (C=O) groups excluding carboxylic acids is 1. The van der Waals surface area contributed by atoms with Crippen molar-refractivity contribution in [1.29, 1.82) is 0 Å². The minimum atomic E-state index is -4.57. The number of halogens is 4. The number of anilines is 1. The molecule has 1 fully saturated rings. The zero-order valence-electron chi connectivity index (χ0n) is 12.5. The molecule has 0 bridgehead atoms. The summed E-state index contributed by atoms with van der Waals surface area (Å²) in [6, 6.07) is 3.02. The Morgan fingerprint density at radius 1 is 1.29 bits per heavy atom. The molecule has 0 spiro atoms. The summed E-state index contributed by atoms with van der Waals surface area (Å²) < 4.78 is 62.7. The van der Waals surface area contributed by atoms with Crippen molar-refractivity contribution in [3.05, 3.63) is 29.3 Å². The van der Waals surface area contributed by atoms with Crippen LogP contribution >= 0.6 is 12.4 Å². The second-order valence-corrected chi connectivity index (χ2v) is 7.26. The zero-order valence-corrected chi connectivity index (χ0v) is 14.1. The van der Waals surface area contributed by atoms with Crippen molar-refractivity contribution in [2.24, 2.45) is 5.73 Å². The van der Waals surface area contributed by atoms with Crippen molar-refractivity contribution in [2.75, 3.05) is 24.2 Å². The van der Waals surface area contributed by atoms with Gasteiger partial charge in [-0.15, -0.1) is 12.4 Å². The van der Waals surface area contributed by atoms with Gasteiger partial charge >= 0.3 is 6.18 Å². The molecule has 6 nitrogen and oxygen atoms in total. The standard InChI is InChI=1S/C13H16F3N3O3S.ClH/c14-13(15,16)10-4-9(7-17)5-11(6-10)18-12(20)8-19-2-1-3-23(19,21)22;/h4-6H,1-3,7-8,17H2,(H,18,20);1H. The number of sulfonamides is 1. The third-order valence-corrected chi connectivity index (χ3v) is 5.27. The lowest BCUT2D eigenvalue weighted by molar-refractivity contribution is -0.137. The molecular weight excluding hydrogens is 371 g/mol. The Morgan fingerprint density at radius 3 is 2.46 bits per heavy atom. The molecule has 0 unspecified atom stereocenters. The van der Waals surface area contributed by atoms with Gasteiger partial charge in [-0.25, -0.2) is 8.42 Å². The molecule has 0 aromatic heterocycles. The third kappa shape index (κ3) is 5.07. The highest BCUT2D eigenvalue weighted by Gasteiger charge is 2.32. The summed E-state index contributed by atoms with van der Waals surface area (Å²) in [7, 11) is -3.45. The smallest absolute Gasteiger partial charge is 0.326 e. The molecule has 3 N–H and O–H groups in total. The van der Waals surface area contributed by atoms with Crippen LogP contribution in [0.1, 0.15) is 17.5 Å². The Balaban J connectivity index is 0.00000288. The van der Waals surface area contributed by atoms with Crippen LogP contribution in [-0.4, -0.2) is 37.5 Å². The molecule has 0 atom stereocenters. The minimum Gasteiger partial charge on any atom is -0.326 e. The van der Waals surface area contributed by atoms with E-state index in [1.54, 1.807) is 0 Å². The van der Waals surface area contributed by atoms with Gasteiger partial charge in [-0.3, -0.25) is 4.79 Å². The molecule has 1 aliphatic rings. The number of rotatable bonds is 4. The monoisotopic (exact) mass is 387 g/mol. The normalized spacial score (nSPS) is 17.3. The molecule has 1 heterocycles. The van der Waals surface area contributed by atoms with E-state index in [1.807, 2.05) is 0 Å². The molecule has 0 aliphatic carbocycles. The molecule has 136 valence electrons. The van der Waals surface area contributed by atoms with E-state index in [0.29, 0.717) is 6.42 Å². The third-order valence-electron chi connectivity index (χ3n) is 3.36. The average molecular weight is 388 g/mol. The van der Waals surface area contributed by atoms with E-state index in [2.05, 4.69) is 5.32 Å². The Kier molecular flexibility index (Phi) is 6.62. The van der Waals surface area contributed by atoms with Crippen molar-refractivity contribution in [2.45, 2.75) is 19.1 Å². The highest BCUT2D eigenvalue weighted by molar-refractivity contribution is 7.89. The van der Waals surface area contributed by atoms with Crippen LogP contribution in [0.2, 0.25) is 0 Å². The van der Waals surface area contributed by atoms with Gasteiger partial charge in [0.05, 0.1) is 17.9 Å². The van der Waals surface area contributed by atoms with Crippen molar-refractivity contribution in [3.8, 4) is 0 Å². The predicted molar refractivity (Wildman–Crippen MR) is 85.2 cm³/mol. The van der Waals surface area contributed by atoms with Gasteiger partial charge in [-0.05, 0) is 30.2 Å². The fourth-order valence-electron chi connectivity index (χ4n) is 2.28. The molecule has 11 heteroatoms. The number of nitrogens with two attached hydrogens (primary N) is 1.